The molecule has 0 bridgehead atoms. The third-order valence-electron chi connectivity index (χ3n) is 3.48. The molecule has 1 unspecified atom stereocenters. The molecule has 6 heteroatoms. The molecular formula is C15H18BrNO3S. The van der Waals surface area contributed by atoms with Crippen molar-refractivity contribution in [2.45, 2.75) is 17.7 Å². The van der Waals surface area contributed by atoms with Crippen LogP contribution in [0.3, 0.4) is 0 Å². The first kappa shape index (κ1) is 16.4. The van der Waals surface area contributed by atoms with Crippen LogP contribution in [0.5, 0.6) is 0 Å². The van der Waals surface area contributed by atoms with Gasteiger partial charge in [-0.15, -0.1) is 11.8 Å². The van der Waals surface area contributed by atoms with Gasteiger partial charge in [-0.1, -0.05) is 15.9 Å². The summed E-state index contributed by atoms with van der Waals surface area (Å²) in [7, 11) is 1.40. The molecule has 1 aliphatic rings. The van der Waals surface area contributed by atoms with Crippen molar-refractivity contribution >= 4 is 39.6 Å². The molecule has 0 radical (unpaired) electrons. The topological polar surface area (TPSA) is 46.6 Å². The summed E-state index contributed by atoms with van der Waals surface area (Å²) in [5.41, 5.74) is 0. The fraction of sp³-hybridized carbons (Fsp3) is 0.467. The Hall–Kier alpha value is -1.01. The summed E-state index contributed by atoms with van der Waals surface area (Å²) in [4.78, 5) is 26.7. The molecule has 1 saturated heterocycles. The number of piperidine rings is 1. The Kier molecular flexibility index (Phi) is 6.11. The summed E-state index contributed by atoms with van der Waals surface area (Å²) in [5, 5.41) is 0. The van der Waals surface area contributed by atoms with Gasteiger partial charge in [-0.05, 0) is 37.1 Å². The average Bonchev–Trinajstić information content (AvgIpc) is 2.53. The fourth-order valence-electron chi connectivity index (χ4n) is 2.33. The van der Waals surface area contributed by atoms with E-state index >= 15 is 0 Å². The van der Waals surface area contributed by atoms with Crippen molar-refractivity contribution in [2.75, 3.05) is 26.0 Å². The number of thioether (sulfide) groups is 1. The van der Waals surface area contributed by atoms with Crippen molar-refractivity contribution in [2.24, 2.45) is 5.92 Å². The maximum Gasteiger partial charge on any atom is 0.310 e. The monoisotopic (exact) mass is 371 g/mol. The molecule has 0 aliphatic carbocycles. The third-order valence-corrected chi connectivity index (χ3v) is 5.01. The van der Waals surface area contributed by atoms with Gasteiger partial charge in [0.25, 0.3) is 0 Å². The molecular weight excluding hydrogens is 354 g/mol. The number of likely N-dealkylation sites (tertiary alicyclic amines) is 1. The predicted molar refractivity (Wildman–Crippen MR) is 86.2 cm³/mol. The van der Waals surface area contributed by atoms with Crippen LogP contribution in [0.4, 0.5) is 0 Å². The summed E-state index contributed by atoms with van der Waals surface area (Å²) >= 11 is 4.90. The molecule has 21 heavy (non-hydrogen) atoms. The highest BCUT2D eigenvalue weighted by atomic mass is 79.9. The fourth-order valence-corrected chi connectivity index (χ4v) is 3.40. The number of halogens is 1. The third kappa shape index (κ3) is 4.74. The lowest BCUT2D eigenvalue weighted by Gasteiger charge is -2.31. The molecule has 0 N–H and O–H groups in total. The molecule has 2 rings (SSSR count). The second kappa shape index (κ2) is 7.84. The normalized spacial score (nSPS) is 18.4. The summed E-state index contributed by atoms with van der Waals surface area (Å²) in [5.74, 6) is 0.0881. The molecule has 4 nitrogen and oxygen atoms in total. The van der Waals surface area contributed by atoms with E-state index in [1.807, 2.05) is 24.3 Å². The maximum atomic E-state index is 12.2. The average molecular weight is 372 g/mol. The first-order valence-electron chi connectivity index (χ1n) is 6.84. The number of hydrogen-bond donors (Lipinski definition) is 0. The van der Waals surface area contributed by atoms with E-state index in [4.69, 9.17) is 4.74 Å². The van der Waals surface area contributed by atoms with Crippen LogP contribution in [0.15, 0.2) is 33.6 Å². The molecule has 1 aromatic carbocycles. The lowest BCUT2D eigenvalue weighted by atomic mass is 9.98. The summed E-state index contributed by atoms with van der Waals surface area (Å²) in [6.07, 6.45) is 1.66. The molecule has 114 valence electrons. The zero-order valence-corrected chi connectivity index (χ0v) is 14.3. The molecule has 1 amide bonds. The van der Waals surface area contributed by atoms with Gasteiger partial charge in [-0.3, -0.25) is 9.59 Å². The molecule has 0 aromatic heterocycles. The summed E-state index contributed by atoms with van der Waals surface area (Å²) < 4.78 is 5.79. The Balaban J connectivity index is 1.85. The molecule has 1 fully saturated rings. The number of carbonyl (C=O) groups excluding carboxylic acids is 2. The first-order valence-corrected chi connectivity index (χ1v) is 8.62. The van der Waals surface area contributed by atoms with Crippen molar-refractivity contribution in [3.8, 4) is 0 Å². The van der Waals surface area contributed by atoms with Crippen LogP contribution < -0.4 is 0 Å². The molecule has 0 spiro atoms. The highest BCUT2D eigenvalue weighted by molar-refractivity contribution is 9.10. The first-order chi connectivity index (χ1) is 10.1. The van der Waals surface area contributed by atoms with Gasteiger partial charge >= 0.3 is 5.97 Å². The minimum absolute atomic E-state index is 0.0801. The number of hydrogen-bond acceptors (Lipinski definition) is 4. The van der Waals surface area contributed by atoms with E-state index in [2.05, 4.69) is 15.9 Å². The number of benzene rings is 1. The van der Waals surface area contributed by atoms with Crippen LogP contribution in [-0.4, -0.2) is 42.7 Å². The van der Waals surface area contributed by atoms with Gasteiger partial charge in [0.1, 0.15) is 0 Å². The second-order valence-corrected chi connectivity index (χ2v) is 6.91. The Bertz CT molecular complexity index is 506. The van der Waals surface area contributed by atoms with Crippen LogP contribution in [-0.2, 0) is 14.3 Å². The van der Waals surface area contributed by atoms with Gasteiger partial charge in [-0.25, -0.2) is 0 Å². The Morgan fingerprint density at radius 1 is 1.38 bits per heavy atom. The summed E-state index contributed by atoms with van der Waals surface area (Å²) in [6.45, 7) is 1.21. The van der Waals surface area contributed by atoms with Crippen molar-refractivity contribution in [3.05, 3.63) is 28.7 Å². The van der Waals surface area contributed by atoms with E-state index in [9.17, 15) is 9.59 Å². The molecule has 1 aliphatic heterocycles. The quantitative estimate of drug-likeness (QED) is 0.602. The van der Waals surface area contributed by atoms with Crippen LogP contribution in [0.25, 0.3) is 0 Å². The van der Waals surface area contributed by atoms with Crippen LogP contribution in [0.2, 0.25) is 0 Å². The van der Waals surface area contributed by atoms with Gasteiger partial charge in [0.2, 0.25) is 5.91 Å². The Morgan fingerprint density at radius 3 is 2.76 bits per heavy atom. The van der Waals surface area contributed by atoms with Crippen molar-refractivity contribution in [3.63, 3.8) is 0 Å². The summed E-state index contributed by atoms with van der Waals surface area (Å²) in [6, 6.07) is 7.88. The number of nitrogens with zero attached hydrogens (tertiary/aromatic N) is 1. The molecule has 0 saturated carbocycles. The number of rotatable bonds is 4. The number of methoxy groups -OCH3 is 1. The predicted octanol–water partition coefficient (Wildman–Crippen LogP) is 2.95. The molecule has 1 aromatic rings. The Morgan fingerprint density at radius 2 is 2.10 bits per heavy atom. The minimum atomic E-state index is -0.215. The number of amides is 1. The Labute approximate surface area is 137 Å². The van der Waals surface area contributed by atoms with Gasteiger partial charge in [-0.2, -0.15) is 0 Å². The largest absolute Gasteiger partial charge is 0.469 e. The highest BCUT2D eigenvalue weighted by Gasteiger charge is 2.28. The van der Waals surface area contributed by atoms with Gasteiger partial charge < -0.3 is 9.64 Å². The van der Waals surface area contributed by atoms with E-state index in [0.717, 1.165) is 28.8 Å². The van der Waals surface area contributed by atoms with E-state index in [1.54, 1.807) is 4.90 Å². The van der Waals surface area contributed by atoms with Crippen molar-refractivity contribution in [1.82, 2.24) is 4.90 Å². The lowest BCUT2D eigenvalue weighted by Crippen LogP contribution is -2.43. The van der Waals surface area contributed by atoms with E-state index in [1.165, 1.54) is 18.9 Å². The van der Waals surface area contributed by atoms with E-state index < -0.39 is 0 Å². The van der Waals surface area contributed by atoms with E-state index in [-0.39, 0.29) is 17.8 Å². The van der Waals surface area contributed by atoms with Crippen LogP contribution >= 0.6 is 27.7 Å². The van der Waals surface area contributed by atoms with Gasteiger partial charge in [0, 0.05) is 22.5 Å². The number of esters is 1. The van der Waals surface area contributed by atoms with Crippen molar-refractivity contribution in [1.29, 1.82) is 0 Å². The maximum absolute atomic E-state index is 12.2. The smallest absolute Gasteiger partial charge is 0.310 e. The molecule has 1 heterocycles. The minimum Gasteiger partial charge on any atom is -0.469 e. The highest BCUT2D eigenvalue weighted by Crippen LogP contribution is 2.23. The standard InChI is InChI=1S/C15H18BrNO3S/c1-20-15(19)11-3-2-8-17(9-11)14(18)10-21-13-6-4-12(16)5-7-13/h4-7,11H,2-3,8-10H2,1H3. The zero-order valence-electron chi connectivity index (χ0n) is 11.9. The SMILES string of the molecule is COC(=O)C1CCCN(C(=O)CSc2ccc(Br)cc2)C1. The van der Waals surface area contributed by atoms with Crippen LogP contribution in [0, 0.1) is 5.92 Å². The van der Waals surface area contributed by atoms with Crippen LogP contribution in [0.1, 0.15) is 12.8 Å². The second-order valence-electron chi connectivity index (χ2n) is 4.94. The number of ether oxygens (including phenoxy) is 1. The molecule has 1 atom stereocenters. The number of carbonyl (C=O) groups is 2. The van der Waals surface area contributed by atoms with E-state index in [0.29, 0.717) is 12.3 Å². The lowest BCUT2D eigenvalue weighted by molar-refractivity contribution is -0.148. The van der Waals surface area contributed by atoms with Crippen molar-refractivity contribution < 1.29 is 14.3 Å². The zero-order chi connectivity index (χ0) is 15.2. The van der Waals surface area contributed by atoms with Gasteiger partial charge in [0.05, 0.1) is 18.8 Å². The van der Waals surface area contributed by atoms with Gasteiger partial charge in [0.15, 0.2) is 0 Å².